The second-order valence-electron chi connectivity index (χ2n) is 4.33. The van der Waals surface area contributed by atoms with Crippen molar-refractivity contribution in [1.29, 1.82) is 0 Å². The number of aliphatic hydroxyl groups is 1. The van der Waals surface area contributed by atoms with Crippen molar-refractivity contribution in [3.05, 3.63) is 0 Å². The van der Waals surface area contributed by atoms with E-state index in [1.54, 1.807) is 0 Å². The third kappa shape index (κ3) is 5.24. The van der Waals surface area contributed by atoms with Crippen LogP contribution in [0.1, 0.15) is 27.2 Å². The van der Waals surface area contributed by atoms with Gasteiger partial charge in [0.25, 0.3) is 0 Å². The maximum atomic E-state index is 10.0. The molecule has 0 aliphatic heterocycles. The van der Waals surface area contributed by atoms with E-state index in [0.717, 1.165) is 13.1 Å². The molecule has 0 aliphatic rings. The summed E-state index contributed by atoms with van der Waals surface area (Å²) in [5, 5.41) is 13.2. The van der Waals surface area contributed by atoms with E-state index < -0.39 is 5.60 Å². The Labute approximate surface area is 82.1 Å². The summed E-state index contributed by atoms with van der Waals surface area (Å²) in [5.41, 5.74) is -0.592. The Morgan fingerprint density at radius 1 is 1.46 bits per heavy atom. The molecular formula is C10H24N2O. The van der Waals surface area contributed by atoms with E-state index in [1.807, 2.05) is 25.9 Å². The molecule has 0 aliphatic carbocycles. The van der Waals surface area contributed by atoms with Crippen molar-refractivity contribution in [2.24, 2.45) is 5.92 Å². The first-order valence-electron chi connectivity index (χ1n) is 4.98. The van der Waals surface area contributed by atoms with E-state index in [9.17, 15) is 5.11 Å². The van der Waals surface area contributed by atoms with Crippen LogP contribution < -0.4 is 5.32 Å². The molecular weight excluding hydrogens is 164 g/mol. The molecule has 3 nitrogen and oxygen atoms in total. The highest BCUT2D eigenvalue weighted by Gasteiger charge is 2.26. The van der Waals surface area contributed by atoms with E-state index in [1.165, 1.54) is 0 Å². The molecule has 0 aromatic rings. The Bertz CT molecular complexity index is 135. The van der Waals surface area contributed by atoms with Crippen LogP contribution in [0.25, 0.3) is 0 Å². The highest BCUT2D eigenvalue weighted by atomic mass is 16.3. The van der Waals surface area contributed by atoms with Crippen LogP contribution >= 0.6 is 0 Å². The first-order valence-corrected chi connectivity index (χ1v) is 4.98. The van der Waals surface area contributed by atoms with Crippen molar-refractivity contribution >= 4 is 0 Å². The predicted molar refractivity (Wildman–Crippen MR) is 56.6 cm³/mol. The van der Waals surface area contributed by atoms with E-state index >= 15 is 0 Å². The Balaban J connectivity index is 3.75. The van der Waals surface area contributed by atoms with Gasteiger partial charge in [0, 0.05) is 13.2 Å². The van der Waals surface area contributed by atoms with Crippen LogP contribution in [0.5, 0.6) is 0 Å². The lowest BCUT2D eigenvalue weighted by Gasteiger charge is -2.30. The third-order valence-corrected chi connectivity index (χ3v) is 2.58. The minimum absolute atomic E-state index is 0.335. The van der Waals surface area contributed by atoms with Crippen molar-refractivity contribution in [3.63, 3.8) is 0 Å². The second kappa shape index (κ2) is 5.58. The fourth-order valence-electron chi connectivity index (χ4n) is 1.15. The summed E-state index contributed by atoms with van der Waals surface area (Å²) in [4.78, 5) is 2.05. The molecule has 0 amide bonds. The smallest absolute Gasteiger partial charge is 0.0769 e. The van der Waals surface area contributed by atoms with Gasteiger partial charge in [0.05, 0.1) is 5.60 Å². The topological polar surface area (TPSA) is 35.5 Å². The molecule has 2 N–H and O–H groups in total. The van der Waals surface area contributed by atoms with Crippen LogP contribution in [0.3, 0.4) is 0 Å². The van der Waals surface area contributed by atoms with Crippen LogP contribution in [-0.4, -0.2) is 42.9 Å². The zero-order valence-electron chi connectivity index (χ0n) is 9.59. The van der Waals surface area contributed by atoms with E-state index in [0.29, 0.717) is 12.5 Å². The Hall–Kier alpha value is -0.120. The van der Waals surface area contributed by atoms with Crippen molar-refractivity contribution in [3.8, 4) is 0 Å². The summed E-state index contributed by atoms with van der Waals surface area (Å²) in [6, 6.07) is 0. The van der Waals surface area contributed by atoms with Crippen LogP contribution in [-0.2, 0) is 0 Å². The third-order valence-electron chi connectivity index (χ3n) is 2.58. The highest BCUT2D eigenvalue weighted by molar-refractivity contribution is 4.80. The normalized spacial score (nSPS) is 18.7. The Kier molecular flexibility index (Phi) is 5.53. The largest absolute Gasteiger partial charge is 0.389 e. The molecule has 0 aromatic heterocycles. The van der Waals surface area contributed by atoms with E-state index in [-0.39, 0.29) is 0 Å². The monoisotopic (exact) mass is 188 g/mol. The van der Waals surface area contributed by atoms with Gasteiger partial charge in [-0.2, -0.15) is 0 Å². The van der Waals surface area contributed by atoms with Crippen molar-refractivity contribution in [2.45, 2.75) is 32.8 Å². The van der Waals surface area contributed by atoms with E-state index in [2.05, 4.69) is 19.2 Å². The zero-order chi connectivity index (χ0) is 10.5. The van der Waals surface area contributed by atoms with Gasteiger partial charge in [0.2, 0.25) is 0 Å². The molecule has 0 aromatic carbocycles. The van der Waals surface area contributed by atoms with Gasteiger partial charge >= 0.3 is 0 Å². The summed E-state index contributed by atoms with van der Waals surface area (Å²) < 4.78 is 0. The molecule has 0 rings (SSSR count). The summed E-state index contributed by atoms with van der Waals surface area (Å²) in [7, 11) is 4.01. The standard InChI is InChI=1S/C10H24N2O/c1-6-9(2)10(3,13)7-11-8-12(4)5/h9,11,13H,6-8H2,1-5H3. The molecule has 0 saturated carbocycles. The van der Waals surface area contributed by atoms with E-state index in [4.69, 9.17) is 0 Å². The summed E-state index contributed by atoms with van der Waals surface area (Å²) >= 11 is 0. The predicted octanol–water partition coefficient (Wildman–Crippen LogP) is 0.892. The molecule has 3 heteroatoms. The quantitative estimate of drug-likeness (QED) is 0.608. The van der Waals surface area contributed by atoms with Crippen molar-refractivity contribution in [2.75, 3.05) is 27.3 Å². The summed E-state index contributed by atoms with van der Waals surface area (Å²) in [5.74, 6) is 0.335. The molecule has 13 heavy (non-hydrogen) atoms. The Morgan fingerprint density at radius 2 is 2.00 bits per heavy atom. The summed E-state index contributed by atoms with van der Waals surface area (Å²) in [6.07, 6.45) is 1.01. The van der Waals surface area contributed by atoms with Gasteiger partial charge in [-0.3, -0.25) is 4.90 Å². The molecule has 0 saturated heterocycles. The first kappa shape index (κ1) is 12.9. The highest BCUT2D eigenvalue weighted by Crippen LogP contribution is 2.18. The number of nitrogens with one attached hydrogen (secondary N) is 1. The molecule has 0 bridgehead atoms. The fraction of sp³-hybridized carbons (Fsp3) is 1.00. The average Bonchev–Trinajstić information content (AvgIpc) is 2.01. The Morgan fingerprint density at radius 3 is 2.38 bits per heavy atom. The van der Waals surface area contributed by atoms with Crippen LogP contribution in [0.4, 0.5) is 0 Å². The minimum atomic E-state index is -0.592. The van der Waals surface area contributed by atoms with Gasteiger partial charge in [-0.1, -0.05) is 20.3 Å². The van der Waals surface area contributed by atoms with Crippen LogP contribution in [0.15, 0.2) is 0 Å². The molecule has 0 spiro atoms. The van der Waals surface area contributed by atoms with Crippen LogP contribution in [0.2, 0.25) is 0 Å². The van der Waals surface area contributed by atoms with Crippen LogP contribution in [0, 0.1) is 5.92 Å². The SMILES string of the molecule is CCC(C)C(C)(O)CNCN(C)C. The lowest BCUT2D eigenvalue weighted by molar-refractivity contribution is 0.00364. The van der Waals surface area contributed by atoms with Crippen molar-refractivity contribution in [1.82, 2.24) is 10.2 Å². The lowest BCUT2D eigenvalue weighted by Crippen LogP contribution is -2.45. The molecule has 2 atom stereocenters. The second-order valence-corrected chi connectivity index (χ2v) is 4.33. The average molecular weight is 188 g/mol. The zero-order valence-corrected chi connectivity index (χ0v) is 9.59. The number of rotatable bonds is 6. The number of hydrogen-bond acceptors (Lipinski definition) is 3. The molecule has 0 radical (unpaired) electrons. The molecule has 0 fully saturated rings. The van der Waals surface area contributed by atoms with Crippen molar-refractivity contribution < 1.29 is 5.11 Å². The fourth-order valence-corrected chi connectivity index (χ4v) is 1.15. The minimum Gasteiger partial charge on any atom is -0.389 e. The van der Waals surface area contributed by atoms with Gasteiger partial charge in [-0.05, 0) is 26.9 Å². The molecule has 80 valence electrons. The maximum absolute atomic E-state index is 10.0. The molecule has 0 heterocycles. The van der Waals surface area contributed by atoms with Gasteiger partial charge < -0.3 is 10.4 Å². The van der Waals surface area contributed by atoms with Gasteiger partial charge in [0.15, 0.2) is 0 Å². The number of nitrogens with zero attached hydrogens (tertiary/aromatic N) is 1. The number of hydrogen-bond donors (Lipinski definition) is 2. The van der Waals surface area contributed by atoms with Gasteiger partial charge in [-0.25, -0.2) is 0 Å². The summed E-state index contributed by atoms with van der Waals surface area (Å²) in [6.45, 7) is 7.54. The lowest BCUT2D eigenvalue weighted by atomic mass is 9.89. The first-order chi connectivity index (χ1) is 5.90. The van der Waals surface area contributed by atoms with Gasteiger partial charge in [-0.15, -0.1) is 0 Å². The maximum Gasteiger partial charge on any atom is 0.0769 e. The molecule has 2 unspecified atom stereocenters. The van der Waals surface area contributed by atoms with Gasteiger partial charge in [0.1, 0.15) is 0 Å².